The molecule has 0 bridgehead atoms. The van der Waals surface area contributed by atoms with E-state index in [1.54, 1.807) is 0 Å². The number of hydrazine groups is 1. The van der Waals surface area contributed by atoms with E-state index in [4.69, 9.17) is 9.84 Å². The van der Waals surface area contributed by atoms with Crippen molar-refractivity contribution in [2.45, 2.75) is 0 Å². The van der Waals surface area contributed by atoms with Crippen LogP contribution < -0.4 is 5.43 Å². The predicted octanol–water partition coefficient (Wildman–Crippen LogP) is -1.27. The smallest absolute Gasteiger partial charge is 0.114 e. The topological polar surface area (TPSA) is 44.7 Å². The second-order valence-electron chi connectivity index (χ2n) is 1.62. The maximum atomic E-state index is 8.39. The van der Waals surface area contributed by atoms with E-state index < -0.39 is 0 Å². The number of aliphatic hydroxyl groups excluding tert-OH is 1. The van der Waals surface area contributed by atoms with Crippen molar-refractivity contribution in [2.75, 3.05) is 26.6 Å². The lowest BCUT2D eigenvalue weighted by Crippen LogP contribution is -2.33. The van der Waals surface area contributed by atoms with Gasteiger partial charge in [-0.3, -0.25) is 0 Å². The average Bonchev–Trinajstić information content (AvgIpc) is 2.19. The van der Waals surface area contributed by atoms with Crippen LogP contribution in [0.15, 0.2) is 0 Å². The van der Waals surface area contributed by atoms with Gasteiger partial charge in [0.15, 0.2) is 0 Å². The molecule has 0 aromatic rings. The van der Waals surface area contributed by atoms with Crippen LogP contribution in [-0.2, 0) is 4.74 Å². The average molecular weight is 118 g/mol. The number of hydrogen-bond donors (Lipinski definition) is 2. The summed E-state index contributed by atoms with van der Waals surface area (Å²) in [5.74, 6) is 0. The summed E-state index contributed by atoms with van der Waals surface area (Å²) in [6.07, 6.45) is 0. The molecule has 8 heavy (non-hydrogen) atoms. The summed E-state index contributed by atoms with van der Waals surface area (Å²) in [5, 5.41) is 10.2. The minimum Gasteiger partial charge on any atom is -0.395 e. The third-order valence-electron chi connectivity index (χ3n) is 1.01. The van der Waals surface area contributed by atoms with Gasteiger partial charge in [-0.1, -0.05) is 0 Å². The molecule has 0 aliphatic carbocycles. The van der Waals surface area contributed by atoms with E-state index in [9.17, 15) is 0 Å². The van der Waals surface area contributed by atoms with E-state index in [-0.39, 0.29) is 6.61 Å². The molecule has 4 nitrogen and oxygen atoms in total. The lowest BCUT2D eigenvalue weighted by Gasteiger charge is -2.08. The zero-order chi connectivity index (χ0) is 5.82. The summed E-state index contributed by atoms with van der Waals surface area (Å²) < 4.78 is 4.91. The van der Waals surface area contributed by atoms with Crippen LogP contribution in [0.25, 0.3) is 0 Å². The molecule has 1 saturated heterocycles. The molecule has 0 amide bonds. The standard InChI is InChI=1S/C4H10N2O2/c7-2-1-6-4-8-3-5-6/h5,7H,1-4H2. The Balaban J connectivity index is 2.06. The first-order valence-electron chi connectivity index (χ1n) is 2.60. The third kappa shape index (κ3) is 1.41. The number of ether oxygens (including phenoxy) is 1. The maximum absolute atomic E-state index is 8.39. The van der Waals surface area contributed by atoms with Gasteiger partial charge in [-0.2, -0.15) is 0 Å². The molecule has 0 saturated carbocycles. The fourth-order valence-electron chi connectivity index (χ4n) is 0.603. The quantitative estimate of drug-likeness (QED) is 0.474. The van der Waals surface area contributed by atoms with Crippen LogP contribution in [-0.4, -0.2) is 36.7 Å². The first-order chi connectivity index (χ1) is 3.93. The highest BCUT2D eigenvalue weighted by molar-refractivity contribution is 4.46. The molecular formula is C4H10N2O2. The summed E-state index contributed by atoms with van der Waals surface area (Å²) >= 11 is 0. The molecule has 1 rings (SSSR count). The van der Waals surface area contributed by atoms with Crippen LogP contribution in [0.1, 0.15) is 0 Å². The fourth-order valence-corrected chi connectivity index (χ4v) is 0.603. The molecular weight excluding hydrogens is 108 g/mol. The SMILES string of the molecule is OCCN1COCN1. The molecule has 1 aliphatic rings. The number of hydrogen-bond acceptors (Lipinski definition) is 4. The monoisotopic (exact) mass is 118 g/mol. The van der Waals surface area contributed by atoms with Crippen LogP contribution in [0.4, 0.5) is 0 Å². The van der Waals surface area contributed by atoms with E-state index in [0.717, 1.165) is 0 Å². The summed E-state index contributed by atoms with van der Waals surface area (Å²) in [6.45, 7) is 1.97. The number of nitrogens with zero attached hydrogens (tertiary/aromatic N) is 1. The van der Waals surface area contributed by atoms with Crippen molar-refractivity contribution in [1.82, 2.24) is 10.4 Å². The third-order valence-corrected chi connectivity index (χ3v) is 1.01. The number of nitrogens with one attached hydrogen (secondary N) is 1. The number of β-amino-alcohol motifs (C(OH)–C–C–N with tert-alkyl or cyclic N) is 1. The van der Waals surface area contributed by atoms with Crippen LogP contribution in [0, 0.1) is 0 Å². The van der Waals surface area contributed by atoms with E-state index in [1.807, 2.05) is 5.01 Å². The van der Waals surface area contributed by atoms with Gasteiger partial charge in [0.1, 0.15) is 13.5 Å². The first kappa shape index (κ1) is 5.97. The Kier molecular flexibility index (Phi) is 2.23. The molecule has 1 heterocycles. The van der Waals surface area contributed by atoms with Gasteiger partial charge in [-0.15, -0.1) is 0 Å². The van der Waals surface area contributed by atoms with Crippen molar-refractivity contribution >= 4 is 0 Å². The molecule has 48 valence electrons. The van der Waals surface area contributed by atoms with Crippen molar-refractivity contribution in [3.63, 3.8) is 0 Å². The van der Waals surface area contributed by atoms with Crippen LogP contribution in [0.3, 0.4) is 0 Å². The Morgan fingerprint density at radius 3 is 3.12 bits per heavy atom. The Labute approximate surface area is 48.0 Å². The largest absolute Gasteiger partial charge is 0.395 e. The van der Waals surface area contributed by atoms with Crippen LogP contribution in [0.2, 0.25) is 0 Å². The molecule has 1 fully saturated rings. The van der Waals surface area contributed by atoms with Crippen molar-refractivity contribution in [3.05, 3.63) is 0 Å². The summed E-state index contributed by atoms with van der Waals surface area (Å²) in [7, 11) is 0. The highest BCUT2D eigenvalue weighted by atomic mass is 16.5. The van der Waals surface area contributed by atoms with Gasteiger partial charge < -0.3 is 9.84 Å². The Bertz CT molecular complexity index is 63.1. The van der Waals surface area contributed by atoms with Crippen molar-refractivity contribution in [2.24, 2.45) is 0 Å². The van der Waals surface area contributed by atoms with Gasteiger partial charge in [0.25, 0.3) is 0 Å². The number of aliphatic hydroxyl groups is 1. The van der Waals surface area contributed by atoms with Gasteiger partial charge in [0.2, 0.25) is 0 Å². The Hall–Kier alpha value is -0.160. The minimum atomic E-state index is 0.177. The maximum Gasteiger partial charge on any atom is 0.114 e. The highest BCUT2D eigenvalue weighted by Crippen LogP contribution is 1.89. The van der Waals surface area contributed by atoms with Crippen molar-refractivity contribution in [3.8, 4) is 0 Å². The van der Waals surface area contributed by atoms with Crippen LogP contribution >= 0.6 is 0 Å². The van der Waals surface area contributed by atoms with E-state index in [0.29, 0.717) is 20.0 Å². The molecule has 0 radical (unpaired) electrons. The zero-order valence-corrected chi connectivity index (χ0v) is 4.63. The van der Waals surface area contributed by atoms with Gasteiger partial charge in [-0.05, 0) is 0 Å². The fraction of sp³-hybridized carbons (Fsp3) is 1.00. The molecule has 0 atom stereocenters. The summed E-state index contributed by atoms with van der Waals surface area (Å²) in [4.78, 5) is 0. The normalized spacial score (nSPS) is 22.1. The van der Waals surface area contributed by atoms with Crippen molar-refractivity contribution < 1.29 is 9.84 Å². The molecule has 0 spiro atoms. The lowest BCUT2D eigenvalue weighted by molar-refractivity contribution is 0.119. The van der Waals surface area contributed by atoms with E-state index in [1.165, 1.54) is 0 Å². The van der Waals surface area contributed by atoms with Gasteiger partial charge in [-0.25, -0.2) is 10.4 Å². The van der Waals surface area contributed by atoms with Gasteiger partial charge >= 0.3 is 0 Å². The number of rotatable bonds is 2. The second kappa shape index (κ2) is 2.99. The second-order valence-corrected chi connectivity index (χ2v) is 1.62. The first-order valence-corrected chi connectivity index (χ1v) is 2.60. The Morgan fingerprint density at radius 1 is 1.75 bits per heavy atom. The van der Waals surface area contributed by atoms with Gasteiger partial charge in [0.05, 0.1) is 6.61 Å². The van der Waals surface area contributed by atoms with Gasteiger partial charge in [0, 0.05) is 6.54 Å². The van der Waals surface area contributed by atoms with E-state index >= 15 is 0 Å². The molecule has 1 aliphatic heterocycles. The van der Waals surface area contributed by atoms with Crippen LogP contribution in [0.5, 0.6) is 0 Å². The predicted molar refractivity (Wildman–Crippen MR) is 27.7 cm³/mol. The minimum absolute atomic E-state index is 0.177. The molecule has 4 heteroatoms. The molecule has 0 aromatic heterocycles. The summed E-state index contributed by atoms with van der Waals surface area (Å²) in [5.41, 5.74) is 2.91. The lowest BCUT2D eigenvalue weighted by atomic mass is 10.7. The molecule has 2 N–H and O–H groups in total. The molecule has 0 aromatic carbocycles. The molecule has 0 unspecified atom stereocenters. The Morgan fingerprint density at radius 2 is 2.62 bits per heavy atom. The summed E-state index contributed by atoms with van der Waals surface area (Å²) in [6, 6.07) is 0. The zero-order valence-electron chi connectivity index (χ0n) is 4.63. The highest BCUT2D eigenvalue weighted by Gasteiger charge is 2.07. The van der Waals surface area contributed by atoms with E-state index in [2.05, 4.69) is 5.43 Å². The van der Waals surface area contributed by atoms with Crippen molar-refractivity contribution in [1.29, 1.82) is 0 Å².